The molecule has 0 fully saturated rings. The van der Waals surface area contributed by atoms with Crippen LogP contribution in [-0.4, -0.2) is 39.4 Å². The molecule has 7 nitrogen and oxygen atoms in total. The predicted octanol–water partition coefficient (Wildman–Crippen LogP) is 6.60. The van der Waals surface area contributed by atoms with Crippen molar-refractivity contribution in [3.8, 4) is 17.0 Å². The Labute approximate surface area is 234 Å². The van der Waals surface area contributed by atoms with E-state index < -0.39 is 24.4 Å². The number of ether oxygens (including phenoxy) is 1. The van der Waals surface area contributed by atoms with E-state index in [1.807, 2.05) is 42.9 Å². The van der Waals surface area contributed by atoms with Crippen LogP contribution in [0.15, 0.2) is 48.8 Å². The van der Waals surface area contributed by atoms with Crippen molar-refractivity contribution in [3.63, 3.8) is 0 Å². The zero-order chi connectivity index (χ0) is 28.6. The first kappa shape index (κ1) is 27.8. The number of hydrogen-bond donors (Lipinski definition) is 1. The second kappa shape index (κ2) is 11.4. The number of carbonyl (C=O) groups excluding carboxylic acids is 2. The average Bonchev–Trinajstić information content (AvgIpc) is 3.28. The third-order valence-corrected chi connectivity index (χ3v) is 7.75. The summed E-state index contributed by atoms with van der Waals surface area (Å²) in [4.78, 5) is 32.7. The van der Waals surface area contributed by atoms with Gasteiger partial charge in [0.25, 0.3) is 0 Å². The molecule has 210 valence electrons. The van der Waals surface area contributed by atoms with Crippen molar-refractivity contribution < 1.29 is 27.5 Å². The molecule has 2 aliphatic heterocycles. The van der Waals surface area contributed by atoms with E-state index in [4.69, 9.17) is 11.6 Å². The number of amides is 2. The van der Waals surface area contributed by atoms with E-state index in [0.717, 1.165) is 17.3 Å². The lowest BCUT2D eigenvalue weighted by molar-refractivity contribution is -0.129. The minimum atomic E-state index is -3.17. The first-order chi connectivity index (χ1) is 19.1. The highest BCUT2D eigenvalue weighted by atomic mass is 35.5. The number of alkyl halides is 2. The summed E-state index contributed by atoms with van der Waals surface area (Å²) >= 11 is 5.94. The average molecular weight is 573 g/mol. The summed E-state index contributed by atoms with van der Waals surface area (Å²) in [6.45, 7) is -1.10. The number of benzene rings is 1. The Bertz CT molecular complexity index is 1490. The van der Waals surface area contributed by atoms with E-state index in [1.54, 1.807) is 11.1 Å². The minimum Gasteiger partial charge on any atom is -0.434 e. The number of nitrogens with zero attached hydrogens (tertiary/aromatic N) is 3. The van der Waals surface area contributed by atoms with Crippen LogP contribution in [0.1, 0.15) is 49.9 Å². The lowest BCUT2D eigenvalue weighted by atomic mass is 9.93. The van der Waals surface area contributed by atoms with E-state index in [-0.39, 0.29) is 46.7 Å². The van der Waals surface area contributed by atoms with Crippen molar-refractivity contribution in [1.29, 1.82) is 0 Å². The molecule has 5 rings (SSSR count). The van der Waals surface area contributed by atoms with Gasteiger partial charge in [-0.2, -0.15) is 8.78 Å². The molecule has 2 bridgehead atoms. The maximum Gasteiger partial charge on any atom is 0.387 e. The molecule has 3 aromatic rings. The van der Waals surface area contributed by atoms with Crippen LogP contribution in [0.5, 0.6) is 5.75 Å². The number of pyridine rings is 1. The molecule has 2 aromatic heterocycles. The number of rotatable bonds is 4. The van der Waals surface area contributed by atoms with Crippen LogP contribution in [-0.2, 0) is 16.6 Å². The fourth-order valence-electron chi connectivity index (χ4n) is 5.42. The monoisotopic (exact) mass is 572 g/mol. The third-order valence-electron chi connectivity index (χ3n) is 7.46. The van der Waals surface area contributed by atoms with Crippen molar-refractivity contribution in [2.75, 3.05) is 11.9 Å². The number of carbonyl (C=O) groups is 2. The molecule has 0 radical (unpaired) electrons. The standard InChI is InChI=1S/C29H28ClF3N4O3/c1-16-4-3-5-22(21-14-18(8-11-34-21)27-20(35-28(16)39)10-12-36(27)2)37-13-9-17(15-24(37)38)25-23(40-29(32)33)7-6-19(30)26(25)31/h6-8,10-12,14-16,22,29H,3-5,9,13H2,1-2H3,(H,35,39)/t16-,22+/m1/s1. The van der Waals surface area contributed by atoms with Gasteiger partial charge in [-0.25, -0.2) is 4.39 Å². The van der Waals surface area contributed by atoms with E-state index in [2.05, 4.69) is 15.0 Å². The van der Waals surface area contributed by atoms with Gasteiger partial charge in [0.2, 0.25) is 11.8 Å². The van der Waals surface area contributed by atoms with Gasteiger partial charge in [-0.15, -0.1) is 0 Å². The van der Waals surface area contributed by atoms with Crippen molar-refractivity contribution in [3.05, 3.63) is 70.9 Å². The van der Waals surface area contributed by atoms with E-state index in [1.165, 1.54) is 12.1 Å². The fraction of sp³-hybridized carbons (Fsp3) is 0.345. The zero-order valence-electron chi connectivity index (χ0n) is 22.0. The molecule has 1 aromatic carbocycles. The number of fused-ring (bicyclic) bond motifs is 4. The number of anilines is 1. The van der Waals surface area contributed by atoms with Gasteiger partial charge in [-0.3, -0.25) is 14.6 Å². The largest absolute Gasteiger partial charge is 0.434 e. The Morgan fingerprint density at radius 2 is 1.98 bits per heavy atom. The summed E-state index contributed by atoms with van der Waals surface area (Å²) in [6, 6.07) is 7.51. The van der Waals surface area contributed by atoms with E-state index in [0.29, 0.717) is 30.6 Å². The van der Waals surface area contributed by atoms with Crippen LogP contribution in [0.3, 0.4) is 0 Å². The number of hydrogen-bond acceptors (Lipinski definition) is 4. The van der Waals surface area contributed by atoms with Crippen LogP contribution in [0, 0.1) is 11.7 Å². The van der Waals surface area contributed by atoms with E-state index in [9.17, 15) is 18.4 Å². The Kier molecular flexibility index (Phi) is 7.89. The number of aromatic nitrogens is 2. The molecule has 2 atom stereocenters. The Morgan fingerprint density at radius 3 is 2.73 bits per heavy atom. The normalized spacial score (nSPS) is 19.9. The highest BCUT2D eigenvalue weighted by Crippen LogP contribution is 2.40. The SMILES string of the molecule is C[C@@H]1CCC[C@H](N2CCC(c3c(OC(F)F)ccc(Cl)c3F)=CC2=O)c2cc(ccn2)-c2c(ccn2C)NC1=O. The molecule has 2 aliphatic rings. The van der Waals surface area contributed by atoms with Crippen molar-refractivity contribution >= 4 is 34.7 Å². The van der Waals surface area contributed by atoms with Crippen molar-refractivity contribution in [1.82, 2.24) is 14.5 Å². The lowest BCUT2D eigenvalue weighted by Crippen LogP contribution is -2.38. The summed E-state index contributed by atoms with van der Waals surface area (Å²) in [5.41, 5.74) is 3.02. The smallest absolute Gasteiger partial charge is 0.387 e. The lowest BCUT2D eigenvalue weighted by Gasteiger charge is -2.34. The quantitative estimate of drug-likeness (QED) is 0.382. The summed E-state index contributed by atoms with van der Waals surface area (Å²) in [5, 5.41) is 2.78. The first-order valence-electron chi connectivity index (χ1n) is 13.0. The van der Waals surface area contributed by atoms with Crippen LogP contribution in [0.2, 0.25) is 5.02 Å². The van der Waals surface area contributed by atoms with Gasteiger partial charge in [0.05, 0.1) is 33.7 Å². The van der Waals surface area contributed by atoms with E-state index >= 15 is 4.39 Å². The molecule has 0 spiro atoms. The minimum absolute atomic E-state index is 0.0779. The molecule has 11 heteroatoms. The molecule has 0 saturated heterocycles. The van der Waals surface area contributed by atoms with Gasteiger partial charge >= 0.3 is 6.61 Å². The Hall–Kier alpha value is -3.79. The van der Waals surface area contributed by atoms with Gasteiger partial charge in [-0.1, -0.05) is 24.9 Å². The highest BCUT2D eigenvalue weighted by molar-refractivity contribution is 6.31. The van der Waals surface area contributed by atoms with Crippen molar-refractivity contribution in [2.45, 2.75) is 45.3 Å². The molecule has 0 unspecified atom stereocenters. The molecule has 0 aliphatic carbocycles. The molecule has 40 heavy (non-hydrogen) atoms. The fourth-order valence-corrected chi connectivity index (χ4v) is 5.58. The number of nitrogens with one attached hydrogen (secondary N) is 1. The molecular weight excluding hydrogens is 545 g/mol. The predicted molar refractivity (Wildman–Crippen MR) is 145 cm³/mol. The summed E-state index contributed by atoms with van der Waals surface area (Å²) in [7, 11) is 1.89. The second-order valence-electron chi connectivity index (χ2n) is 10.1. The van der Waals surface area contributed by atoms with Crippen LogP contribution in [0.25, 0.3) is 16.8 Å². The first-order valence-corrected chi connectivity index (χ1v) is 13.4. The number of halogens is 4. The van der Waals surface area contributed by atoms with Gasteiger partial charge in [0.1, 0.15) is 5.75 Å². The highest BCUT2D eigenvalue weighted by Gasteiger charge is 2.32. The summed E-state index contributed by atoms with van der Waals surface area (Å²) in [5.74, 6) is -2.03. The molecular formula is C29H28ClF3N4O3. The Balaban J connectivity index is 1.52. The maximum atomic E-state index is 15.0. The maximum absolute atomic E-state index is 15.0. The number of aryl methyl sites for hydroxylation is 1. The van der Waals surface area contributed by atoms with Crippen LogP contribution in [0.4, 0.5) is 18.9 Å². The second-order valence-corrected chi connectivity index (χ2v) is 10.5. The molecule has 4 heterocycles. The molecule has 0 saturated carbocycles. The summed E-state index contributed by atoms with van der Waals surface area (Å²) < 4.78 is 47.5. The van der Waals surface area contributed by atoms with Gasteiger partial charge in [0, 0.05) is 43.5 Å². The van der Waals surface area contributed by atoms with Gasteiger partial charge < -0.3 is 19.5 Å². The van der Waals surface area contributed by atoms with Crippen molar-refractivity contribution in [2.24, 2.45) is 13.0 Å². The topological polar surface area (TPSA) is 76.5 Å². The Morgan fingerprint density at radius 1 is 1.18 bits per heavy atom. The zero-order valence-corrected chi connectivity index (χ0v) is 22.7. The van der Waals surface area contributed by atoms with Gasteiger partial charge in [-0.05, 0) is 55.2 Å². The summed E-state index contributed by atoms with van der Waals surface area (Å²) in [6.07, 6.45) is 6.80. The van der Waals surface area contributed by atoms with Gasteiger partial charge in [0.15, 0.2) is 5.82 Å². The van der Waals surface area contributed by atoms with Crippen LogP contribution < -0.4 is 10.1 Å². The third kappa shape index (κ3) is 5.45. The van der Waals surface area contributed by atoms with Crippen LogP contribution >= 0.6 is 11.6 Å². The molecule has 1 N–H and O–H groups in total. The molecule has 2 amide bonds.